The van der Waals surface area contributed by atoms with Gasteiger partial charge >= 0.3 is 0 Å². The SMILES string of the molecule is CC1CCC(N)(C2CC2)C(C)C1. The second-order valence-electron chi connectivity index (χ2n) is 5.17. The van der Waals surface area contributed by atoms with Gasteiger partial charge in [0.05, 0.1) is 0 Å². The molecule has 0 bridgehead atoms. The summed E-state index contributed by atoms with van der Waals surface area (Å²) in [6, 6.07) is 0. The van der Waals surface area contributed by atoms with Gasteiger partial charge in [-0.2, -0.15) is 0 Å². The Balaban J connectivity index is 2.04. The van der Waals surface area contributed by atoms with Crippen molar-refractivity contribution in [3.05, 3.63) is 0 Å². The van der Waals surface area contributed by atoms with Crippen LogP contribution in [0.1, 0.15) is 46.0 Å². The van der Waals surface area contributed by atoms with Gasteiger partial charge in [0.2, 0.25) is 0 Å². The Kier molecular flexibility index (Phi) is 1.95. The van der Waals surface area contributed by atoms with Crippen molar-refractivity contribution in [3.8, 4) is 0 Å². The fraction of sp³-hybridized carbons (Fsp3) is 1.00. The van der Waals surface area contributed by atoms with Crippen LogP contribution in [0.5, 0.6) is 0 Å². The van der Waals surface area contributed by atoms with E-state index in [4.69, 9.17) is 5.73 Å². The van der Waals surface area contributed by atoms with E-state index in [-0.39, 0.29) is 5.54 Å². The van der Waals surface area contributed by atoms with E-state index in [1.54, 1.807) is 0 Å². The monoisotopic (exact) mass is 167 g/mol. The van der Waals surface area contributed by atoms with Crippen LogP contribution in [-0.2, 0) is 0 Å². The highest BCUT2D eigenvalue weighted by atomic mass is 14.8. The van der Waals surface area contributed by atoms with Gasteiger partial charge < -0.3 is 5.73 Å². The smallest absolute Gasteiger partial charge is 0.0209 e. The van der Waals surface area contributed by atoms with Crippen molar-refractivity contribution < 1.29 is 0 Å². The molecule has 2 aliphatic rings. The standard InChI is InChI=1S/C11H21N/c1-8-5-6-11(12,9(2)7-8)10-3-4-10/h8-10H,3-7,12H2,1-2H3. The average molecular weight is 167 g/mol. The summed E-state index contributed by atoms with van der Waals surface area (Å²) in [4.78, 5) is 0. The fourth-order valence-corrected chi connectivity index (χ4v) is 2.91. The zero-order valence-corrected chi connectivity index (χ0v) is 8.34. The van der Waals surface area contributed by atoms with Crippen molar-refractivity contribution >= 4 is 0 Å². The molecule has 0 spiro atoms. The van der Waals surface area contributed by atoms with Gasteiger partial charge in [0.15, 0.2) is 0 Å². The van der Waals surface area contributed by atoms with Crippen LogP contribution in [-0.4, -0.2) is 5.54 Å². The van der Waals surface area contributed by atoms with Gasteiger partial charge in [0, 0.05) is 5.54 Å². The van der Waals surface area contributed by atoms with Crippen LogP contribution in [0.4, 0.5) is 0 Å². The number of hydrogen-bond donors (Lipinski definition) is 1. The normalized spacial score (nSPS) is 49.2. The van der Waals surface area contributed by atoms with Gasteiger partial charge in [-0.1, -0.05) is 13.8 Å². The van der Waals surface area contributed by atoms with Gasteiger partial charge in [-0.3, -0.25) is 0 Å². The number of rotatable bonds is 1. The van der Waals surface area contributed by atoms with Crippen LogP contribution in [0.3, 0.4) is 0 Å². The maximum Gasteiger partial charge on any atom is 0.0209 e. The van der Waals surface area contributed by atoms with Gasteiger partial charge in [0.1, 0.15) is 0 Å². The lowest BCUT2D eigenvalue weighted by molar-refractivity contribution is 0.142. The second kappa shape index (κ2) is 2.73. The second-order valence-corrected chi connectivity index (χ2v) is 5.17. The molecule has 2 fully saturated rings. The lowest BCUT2D eigenvalue weighted by Crippen LogP contribution is -2.51. The average Bonchev–Trinajstić information content (AvgIpc) is 2.80. The molecule has 0 aliphatic heterocycles. The van der Waals surface area contributed by atoms with Crippen molar-refractivity contribution in [2.75, 3.05) is 0 Å². The van der Waals surface area contributed by atoms with E-state index in [1.165, 1.54) is 32.1 Å². The minimum Gasteiger partial charge on any atom is -0.325 e. The molecule has 1 nitrogen and oxygen atoms in total. The first-order valence-electron chi connectivity index (χ1n) is 5.42. The predicted octanol–water partition coefficient (Wildman–Crippen LogP) is 2.55. The number of nitrogens with two attached hydrogens (primary N) is 1. The third kappa shape index (κ3) is 1.28. The third-order valence-electron chi connectivity index (χ3n) is 4.08. The molecule has 2 saturated carbocycles. The summed E-state index contributed by atoms with van der Waals surface area (Å²) in [5.74, 6) is 2.55. The Hall–Kier alpha value is -0.0400. The quantitative estimate of drug-likeness (QED) is 0.638. The van der Waals surface area contributed by atoms with Gasteiger partial charge in [0.25, 0.3) is 0 Å². The number of hydrogen-bond acceptors (Lipinski definition) is 1. The Morgan fingerprint density at radius 3 is 2.33 bits per heavy atom. The molecule has 70 valence electrons. The van der Waals surface area contributed by atoms with Crippen LogP contribution in [0.15, 0.2) is 0 Å². The van der Waals surface area contributed by atoms with Gasteiger partial charge in [-0.15, -0.1) is 0 Å². The zero-order chi connectivity index (χ0) is 8.77. The van der Waals surface area contributed by atoms with E-state index >= 15 is 0 Å². The van der Waals surface area contributed by atoms with E-state index in [9.17, 15) is 0 Å². The topological polar surface area (TPSA) is 26.0 Å². The molecule has 3 unspecified atom stereocenters. The first-order chi connectivity index (χ1) is 5.63. The Morgan fingerprint density at radius 1 is 1.17 bits per heavy atom. The molecule has 0 aromatic heterocycles. The fourth-order valence-electron chi connectivity index (χ4n) is 2.91. The van der Waals surface area contributed by atoms with Crippen molar-refractivity contribution in [1.82, 2.24) is 0 Å². The molecule has 0 saturated heterocycles. The Morgan fingerprint density at radius 2 is 1.83 bits per heavy atom. The summed E-state index contributed by atoms with van der Waals surface area (Å²) in [5, 5.41) is 0. The molecule has 0 amide bonds. The summed E-state index contributed by atoms with van der Waals surface area (Å²) in [6.45, 7) is 4.72. The molecule has 1 heteroatoms. The summed E-state index contributed by atoms with van der Waals surface area (Å²) in [7, 11) is 0. The van der Waals surface area contributed by atoms with Crippen molar-refractivity contribution in [2.45, 2.75) is 51.5 Å². The van der Waals surface area contributed by atoms with E-state index in [2.05, 4.69) is 13.8 Å². The summed E-state index contributed by atoms with van der Waals surface area (Å²) in [5.41, 5.74) is 6.70. The van der Waals surface area contributed by atoms with Crippen molar-refractivity contribution in [1.29, 1.82) is 0 Å². The first kappa shape index (κ1) is 8.55. The summed E-state index contributed by atoms with van der Waals surface area (Å²) >= 11 is 0. The van der Waals surface area contributed by atoms with Crippen LogP contribution in [0.25, 0.3) is 0 Å². The maximum absolute atomic E-state index is 6.47. The van der Waals surface area contributed by atoms with Crippen molar-refractivity contribution in [3.63, 3.8) is 0 Å². The van der Waals surface area contributed by atoms with Crippen LogP contribution >= 0.6 is 0 Å². The minimum absolute atomic E-state index is 0.229. The van der Waals surface area contributed by atoms with Crippen LogP contribution in [0, 0.1) is 17.8 Å². The molecule has 2 rings (SSSR count). The molecule has 0 aromatic rings. The Bertz CT molecular complexity index is 174. The van der Waals surface area contributed by atoms with Gasteiger partial charge in [-0.25, -0.2) is 0 Å². The molecule has 2 aliphatic carbocycles. The molecular formula is C11H21N. The predicted molar refractivity (Wildman–Crippen MR) is 51.8 cm³/mol. The van der Waals surface area contributed by atoms with E-state index in [1.807, 2.05) is 0 Å². The first-order valence-corrected chi connectivity index (χ1v) is 5.42. The molecule has 2 N–H and O–H groups in total. The summed E-state index contributed by atoms with van der Waals surface area (Å²) in [6.07, 6.45) is 6.79. The van der Waals surface area contributed by atoms with E-state index in [0.29, 0.717) is 0 Å². The molecule has 0 radical (unpaired) electrons. The van der Waals surface area contributed by atoms with Gasteiger partial charge in [-0.05, 0) is 49.9 Å². The maximum atomic E-state index is 6.47. The molecule has 12 heavy (non-hydrogen) atoms. The van der Waals surface area contributed by atoms with Crippen LogP contribution < -0.4 is 5.73 Å². The highest BCUT2D eigenvalue weighted by molar-refractivity contribution is 5.03. The van der Waals surface area contributed by atoms with Crippen molar-refractivity contribution in [2.24, 2.45) is 23.5 Å². The largest absolute Gasteiger partial charge is 0.325 e. The van der Waals surface area contributed by atoms with Crippen LogP contribution in [0.2, 0.25) is 0 Å². The van der Waals surface area contributed by atoms with E-state index in [0.717, 1.165) is 17.8 Å². The third-order valence-corrected chi connectivity index (χ3v) is 4.08. The molecule has 3 atom stereocenters. The zero-order valence-electron chi connectivity index (χ0n) is 8.34. The summed E-state index contributed by atoms with van der Waals surface area (Å²) < 4.78 is 0. The highest BCUT2D eigenvalue weighted by Gasteiger charge is 2.47. The lowest BCUT2D eigenvalue weighted by atomic mass is 9.68. The lowest BCUT2D eigenvalue weighted by Gasteiger charge is -2.42. The molecule has 0 aromatic carbocycles. The molecule has 0 heterocycles. The minimum atomic E-state index is 0.229. The highest BCUT2D eigenvalue weighted by Crippen LogP contribution is 2.49. The molecular weight excluding hydrogens is 146 g/mol. The van der Waals surface area contributed by atoms with E-state index < -0.39 is 0 Å². The Labute approximate surface area is 75.7 Å².